The van der Waals surface area contributed by atoms with E-state index < -0.39 is 9.84 Å². The lowest BCUT2D eigenvalue weighted by Gasteiger charge is -2.34. The van der Waals surface area contributed by atoms with Crippen molar-refractivity contribution in [2.45, 2.75) is 20.3 Å². The first-order valence-electron chi connectivity index (χ1n) is 9.00. The molecule has 0 atom stereocenters. The molecule has 0 spiro atoms. The molecular formula is C19H26N2O4S. The number of hydrogen-bond donors (Lipinski definition) is 0. The minimum Gasteiger partial charge on any atom is -0.451 e. The summed E-state index contributed by atoms with van der Waals surface area (Å²) in [6, 6.07) is 6.05. The van der Waals surface area contributed by atoms with E-state index >= 15 is 0 Å². The Kier molecular flexibility index (Phi) is 5.39. The molecule has 7 heteroatoms. The van der Waals surface area contributed by atoms with E-state index in [-0.39, 0.29) is 11.7 Å². The van der Waals surface area contributed by atoms with E-state index in [1.54, 1.807) is 4.90 Å². The summed E-state index contributed by atoms with van der Waals surface area (Å²) < 4.78 is 28.4. The van der Waals surface area contributed by atoms with Gasteiger partial charge in [-0.25, -0.2) is 8.42 Å². The summed E-state index contributed by atoms with van der Waals surface area (Å²) in [4.78, 5) is 16.8. The van der Waals surface area contributed by atoms with Crippen LogP contribution >= 0.6 is 0 Å². The summed E-state index contributed by atoms with van der Waals surface area (Å²) in [7, 11) is -2.96. The number of amides is 1. The highest BCUT2D eigenvalue weighted by molar-refractivity contribution is 7.90. The number of benzene rings is 1. The number of sulfone groups is 1. The van der Waals surface area contributed by atoms with Gasteiger partial charge in [-0.3, -0.25) is 9.69 Å². The molecule has 0 bridgehead atoms. The van der Waals surface area contributed by atoms with Crippen LogP contribution in [0.1, 0.15) is 28.6 Å². The van der Waals surface area contributed by atoms with E-state index in [0.29, 0.717) is 38.5 Å². The number of fused-ring (bicyclic) bond motifs is 1. The summed E-state index contributed by atoms with van der Waals surface area (Å²) >= 11 is 0. The van der Waals surface area contributed by atoms with Gasteiger partial charge in [0.05, 0.1) is 5.75 Å². The first-order chi connectivity index (χ1) is 12.3. The van der Waals surface area contributed by atoms with Gasteiger partial charge in [0.25, 0.3) is 5.91 Å². The van der Waals surface area contributed by atoms with Crippen LogP contribution in [0.5, 0.6) is 0 Å². The van der Waals surface area contributed by atoms with Gasteiger partial charge in [-0.2, -0.15) is 0 Å². The van der Waals surface area contributed by atoms with E-state index in [9.17, 15) is 13.2 Å². The average Bonchev–Trinajstić information content (AvgIpc) is 2.95. The number of nitrogens with zero attached hydrogens (tertiary/aromatic N) is 2. The summed E-state index contributed by atoms with van der Waals surface area (Å²) in [6.45, 7) is 7.08. The first kappa shape index (κ1) is 18.9. The second-order valence-corrected chi connectivity index (χ2v) is 9.26. The first-order valence-corrected chi connectivity index (χ1v) is 11.1. The van der Waals surface area contributed by atoms with Crippen molar-refractivity contribution in [2.75, 3.05) is 44.7 Å². The van der Waals surface area contributed by atoms with Crippen LogP contribution in [0.15, 0.2) is 22.6 Å². The van der Waals surface area contributed by atoms with Gasteiger partial charge < -0.3 is 9.32 Å². The number of hydrogen-bond acceptors (Lipinski definition) is 5. The number of rotatable bonds is 5. The number of carbonyl (C=O) groups is 1. The number of aryl methyl sites for hydroxylation is 2. The van der Waals surface area contributed by atoms with Crippen molar-refractivity contribution in [3.8, 4) is 0 Å². The topological polar surface area (TPSA) is 70.8 Å². The largest absolute Gasteiger partial charge is 0.451 e. The maximum atomic E-state index is 12.9. The van der Waals surface area contributed by atoms with Crippen LogP contribution in [0, 0.1) is 6.92 Å². The molecule has 0 aliphatic carbocycles. The molecule has 1 aromatic heterocycles. The molecule has 0 N–H and O–H groups in total. The Hall–Kier alpha value is -1.86. The lowest BCUT2D eigenvalue weighted by molar-refractivity contribution is 0.0614. The minimum absolute atomic E-state index is 0.0838. The van der Waals surface area contributed by atoms with Gasteiger partial charge in [-0.1, -0.05) is 13.0 Å². The summed E-state index contributed by atoms with van der Waals surface area (Å²) in [5.74, 6) is 0.487. The zero-order valence-corrected chi connectivity index (χ0v) is 16.4. The van der Waals surface area contributed by atoms with Gasteiger partial charge in [-0.05, 0) is 31.0 Å². The van der Waals surface area contributed by atoms with Crippen LogP contribution in [-0.4, -0.2) is 68.9 Å². The van der Waals surface area contributed by atoms with Crippen LogP contribution in [0.3, 0.4) is 0 Å². The predicted molar refractivity (Wildman–Crippen MR) is 102 cm³/mol. The molecule has 1 aliphatic heterocycles. The van der Waals surface area contributed by atoms with Gasteiger partial charge in [0.1, 0.15) is 15.4 Å². The Labute approximate surface area is 154 Å². The molecule has 2 aromatic rings. The van der Waals surface area contributed by atoms with Crippen LogP contribution in [0.25, 0.3) is 11.0 Å². The van der Waals surface area contributed by atoms with E-state index in [4.69, 9.17) is 4.42 Å². The predicted octanol–water partition coefficient (Wildman–Crippen LogP) is 2.11. The Morgan fingerprint density at radius 1 is 1.19 bits per heavy atom. The molecule has 0 saturated carbocycles. The third kappa shape index (κ3) is 4.10. The van der Waals surface area contributed by atoms with Crippen molar-refractivity contribution < 1.29 is 17.6 Å². The average molecular weight is 378 g/mol. The fraction of sp³-hybridized carbons (Fsp3) is 0.526. The van der Waals surface area contributed by atoms with Crippen molar-refractivity contribution in [3.05, 3.63) is 35.1 Å². The Bertz CT molecular complexity index is 909. The number of piperazine rings is 1. The van der Waals surface area contributed by atoms with Crippen LogP contribution in [-0.2, 0) is 16.3 Å². The van der Waals surface area contributed by atoms with Crippen molar-refractivity contribution >= 4 is 26.7 Å². The second kappa shape index (κ2) is 7.40. The van der Waals surface area contributed by atoms with Crippen LogP contribution in [0.4, 0.5) is 0 Å². The molecule has 0 unspecified atom stereocenters. The lowest BCUT2D eigenvalue weighted by atomic mass is 10.1. The van der Waals surface area contributed by atoms with Crippen molar-refractivity contribution in [1.82, 2.24) is 9.80 Å². The zero-order chi connectivity index (χ0) is 18.9. The molecule has 2 heterocycles. The van der Waals surface area contributed by atoms with E-state index in [1.165, 1.54) is 11.8 Å². The molecule has 1 amide bonds. The summed E-state index contributed by atoms with van der Waals surface area (Å²) in [5, 5.41) is 1.000. The molecule has 1 aliphatic rings. The number of furan rings is 1. The maximum absolute atomic E-state index is 12.9. The molecular weight excluding hydrogens is 352 g/mol. The van der Waals surface area contributed by atoms with Gasteiger partial charge in [0, 0.05) is 49.9 Å². The quantitative estimate of drug-likeness (QED) is 0.797. The standard InChI is InChI=1S/C19H26N2O4S/c1-4-15-5-6-17-16(13-15)14(2)18(25-17)19(22)21-9-7-20(8-10-21)11-12-26(3,23)24/h5-6,13H,4,7-12H2,1-3H3. The maximum Gasteiger partial charge on any atom is 0.289 e. The van der Waals surface area contributed by atoms with E-state index in [2.05, 4.69) is 17.9 Å². The molecule has 6 nitrogen and oxygen atoms in total. The van der Waals surface area contributed by atoms with Crippen molar-refractivity contribution in [3.63, 3.8) is 0 Å². The Morgan fingerprint density at radius 2 is 1.88 bits per heavy atom. The van der Waals surface area contributed by atoms with Crippen LogP contribution in [0.2, 0.25) is 0 Å². The highest BCUT2D eigenvalue weighted by Gasteiger charge is 2.27. The molecule has 3 rings (SSSR count). The van der Waals surface area contributed by atoms with E-state index in [1.807, 2.05) is 19.1 Å². The highest BCUT2D eigenvalue weighted by atomic mass is 32.2. The van der Waals surface area contributed by atoms with Crippen LogP contribution < -0.4 is 0 Å². The Morgan fingerprint density at radius 3 is 2.50 bits per heavy atom. The SMILES string of the molecule is CCc1ccc2oc(C(=O)N3CCN(CCS(C)(=O)=O)CC3)c(C)c2c1. The molecule has 26 heavy (non-hydrogen) atoms. The molecule has 1 fully saturated rings. The van der Waals surface area contributed by atoms with Gasteiger partial charge in [0.15, 0.2) is 5.76 Å². The third-order valence-electron chi connectivity index (χ3n) is 5.04. The lowest BCUT2D eigenvalue weighted by Crippen LogP contribution is -2.49. The fourth-order valence-electron chi connectivity index (χ4n) is 3.31. The summed E-state index contributed by atoms with van der Waals surface area (Å²) in [5.41, 5.74) is 2.86. The summed E-state index contributed by atoms with van der Waals surface area (Å²) in [6.07, 6.45) is 2.19. The zero-order valence-electron chi connectivity index (χ0n) is 15.6. The normalized spacial score (nSPS) is 16.3. The van der Waals surface area contributed by atoms with Crippen molar-refractivity contribution in [2.24, 2.45) is 0 Å². The second-order valence-electron chi connectivity index (χ2n) is 7.00. The number of carbonyl (C=O) groups excluding carboxylic acids is 1. The van der Waals surface area contributed by atoms with E-state index in [0.717, 1.165) is 23.0 Å². The fourth-order valence-corrected chi connectivity index (χ4v) is 3.89. The van der Waals surface area contributed by atoms with Gasteiger partial charge >= 0.3 is 0 Å². The molecule has 1 saturated heterocycles. The molecule has 1 aromatic carbocycles. The van der Waals surface area contributed by atoms with Gasteiger partial charge in [0.2, 0.25) is 0 Å². The smallest absolute Gasteiger partial charge is 0.289 e. The van der Waals surface area contributed by atoms with Crippen molar-refractivity contribution in [1.29, 1.82) is 0 Å². The minimum atomic E-state index is -2.96. The Balaban J connectivity index is 1.69. The molecule has 0 radical (unpaired) electrons. The highest BCUT2D eigenvalue weighted by Crippen LogP contribution is 2.27. The van der Waals surface area contributed by atoms with Gasteiger partial charge in [-0.15, -0.1) is 0 Å². The monoisotopic (exact) mass is 378 g/mol. The third-order valence-corrected chi connectivity index (χ3v) is 5.97. The molecule has 142 valence electrons.